The van der Waals surface area contributed by atoms with E-state index in [1.807, 2.05) is 7.05 Å². The van der Waals surface area contributed by atoms with E-state index in [0.29, 0.717) is 13.0 Å². The average Bonchev–Trinajstić information content (AvgIpc) is 2.83. The van der Waals surface area contributed by atoms with Gasteiger partial charge in [0.15, 0.2) is 0 Å². The smallest absolute Gasteiger partial charge is 0.222 e. The maximum Gasteiger partial charge on any atom is 0.222 e. The summed E-state index contributed by atoms with van der Waals surface area (Å²) in [5, 5.41) is 2.08. The van der Waals surface area contributed by atoms with Crippen molar-refractivity contribution in [2.75, 3.05) is 7.05 Å². The molecule has 0 saturated carbocycles. The number of rotatable bonds is 5. The number of carbonyl (C=O) groups is 1. The van der Waals surface area contributed by atoms with Crippen molar-refractivity contribution in [2.24, 2.45) is 0 Å². The van der Waals surface area contributed by atoms with Gasteiger partial charge in [-0.2, -0.15) is 0 Å². The maximum atomic E-state index is 12.1. The van der Waals surface area contributed by atoms with Crippen LogP contribution in [-0.4, -0.2) is 17.9 Å². The minimum atomic E-state index is 0.188. The highest BCUT2D eigenvalue weighted by Crippen LogP contribution is 2.21. The predicted molar refractivity (Wildman–Crippen MR) is 88.0 cm³/mol. The Morgan fingerprint density at radius 2 is 1.95 bits per heavy atom. The Bertz CT molecular complexity index is 576. The normalized spacial score (nSPS) is 10.6. The Morgan fingerprint density at radius 1 is 1.25 bits per heavy atom. The molecule has 0 unspecified atom stereocenters. The summed E-state index contributed by atoms with van der Waals surface area (Å²) >= 11 is 5.09. The molecule has 0 spiro atoms. The van der Waals surface area contributed by atoms with Gasteiger partial charge in [0.2, 0.25) is 5.91 Å². The topological polar surface area (TPSA) is 20.3 Å². The van der Waals surface area contributed by atoms with Gasteiger partial charge in [-0.25, -0.2) is 0 Å². The molecular formula is C16H18BrNOS. The monoisotopic (exact) mass is 351 g/mol. The van der Waals surface area contributed by atoms with Crippen LogP contribution >= 0.6 is 27.3 Å². The summed E-state index contributed by atoms with van der Waals surface area (Å²) in [7, 11) is 1.86. The number of nitrogens with zero attached hydrogens (tertiary/aromatic N) is 1. The summed E-state index contributed by atoms with van der Waals surface area (Å²) in [5.41, 5.74) is 3.64. The van der Waals surface area contributed by atoms with E-state index in [1.54, 1.807) is 16.2 Å². The Balaban J connectivity index is 1.83. The first-order valence-corrected chi connectivity index (χ1v) is 8.24. The molecule has 0 atom stereocenters. The van der Waals surface area contributed by atoms with Gasteiger partial charge in [-0.15, -0.1) is 11.3 Å². The number of carbonyl (C=O) groups excluding carboxylic acids is 1. The van der Waals surface area contributed by atoms with E-state index in [4.69, 9.17) is 0 Å². The van der Waals surface area contributed by atoms with Gasteiger partial charge in [0.05, 0.1) is 3.79 Å². The van der Waals surface area contributed by atoms with Crippen LogP contribution in [-0.2, 0) is 17.8 Å². The first-order chi connectivity index (χ1) is 9.54. The van der Waals surface area contributed by atoms with Crippen LogP contribution in [0, 0.1) is 6.92 Å². The number of aryl methyl sites for hydroxylation is 2. The highest BCUT2D eigenvalue weighted by molar-refractivity contribution is 9.11. The van der Waals surface area contributed by atoms with E-state index in [2.05, 4.69) is 58.6 Å². The second kappa shape index (κ2) is 7.04. The third kappa shape index (κ3) is 4.46. The largest absolute Gasteiger partial charge is 0.341 e. The second-order valence-corrected chi connectivity index (χ2v) is 7.28. The van der Waals surface area contributed by atoms with Crippen LogP contribution in [0.2, 0.25) is 0 Å². The van der Waals surface area contributed by atoms with Crippen LogP contribution in [0.3, 0.4) is 0 Å². The molecule has 1 amide bonds. The number of benzene rings is 1. The van der Waals surface area contributed by atoms with Crippen molar-refractivity contribution in [2.45, 2.75) is 26.3 Å². The highest BCUT2D eigenvalue weighted by Gasteiger charge is 2.10. The van der Waals surface area contributed by atoms with E-state index >= 15 is 0 Å². The summed E-state index contributed by atoms with van der Waals surface area (Å²) in [6.45, 7) is 2.75. The molecule has 20 heavy (non-hydrogen) atoms. The van der Waals surface area contributed by atoms with Gasteiger partial charge >= 0.3 is 0 Å². The standard InChI is InChI=1S/C16H18BrNOS/c1-12-3-5-13(6-4-12)7-8-16(19)18(2)10-14-9-15(17)20-11-14/h3-6,9,11H,7-8,10H2,1-2H3. The van der Waals surface area contributed by atoms with Crippen molar-refractivity contribution in [3.8, 4) is 0 Å². The molecule has 0 aliphatic heterocycles. The SMILES string of the molecule is Cc1ccc(CCC(=O)N(C)Cc2csc(Br)c2)cc1. The van der Waals surface area contributed by atoms with Crippen molar-refractivity contribution < 1.29 is 4.79 Å². The molecule has 4 heteroatoms. The molecule has 106 valence electrons. The lowest BCUT2D eigenvalue weighted by Crippen LogP contribution is -2.26. The van der Waals surface area contributed by atoms with Gasteiger partial charge in [0.25, 0.3) is 0 Å². The lowest BCUT2D eigenvalue weighted by atomic mass is 10.1. The number of amides is 1. The van der Waals surface area contributed by atoms with Crippen molar-refractivity contribution >= 4 is 33.2 Å². The molecule has 0 aliphatic carbocycles. The molecular weight excluding hydrogens is 334 g/mol. The van der Waals surface area contributed by atoms with Crippen LogP contribution in [0.1, 0.15) is 23.1 Å². The van der Waals surface area contributed by atoms with Gasteiger partial charge in [0, 0.05) is 20.0 Å². The minimum absolute atomic E-state index is 0.188. The lowest BCUT2D eigenvalue weighted by molar-refractivity contribution is -0.130. The van der Waals surface area contributed by atoms with Crippen molar-refractivity contribution in [3.63, 3.8) is 0 Å². The van der Waals surface area contributed by atoms with Gasteiger partial charge in [-0.05, 0) is 51.8 Å². The molecule has 1 aromatic carbocycles. The maximum absolute atomic E-state index is 12.1. The summed E-state index contributed by atoms with van der Waals surface area (Å²) in [4.78, 5) is 13.9. The lowest BCUT2D eigenvalue weighted by Gasteiger charge is -2.16. The molecule has 0 fully saturated rings. The summed E-state index contributed by atoms with van der Waals surface area (Å²) in [6, 6.07) is 10.4. The van der Waals surface area contributed by atoms with Gasteiger partial charge in [-0.3, -0.25) is 4.79 Å². The molecule has 0 N–H and O–H groups in total. The van der Waals surface area contributed by atoms with Crippen LogP contribution in [0.25, 0.3) is 0 Å². The predicted octanol–water partition coefficient (Wildman–Crippen LogP) is 4.41. The molecule has 0 saturated heterocycles. The molecule has 0 aliphatic rings. The quantitative estimate of drug-likeness (QED) is 0.781. The highest BCUT2D eigenvalue weighted by atomic mass is 79.9. The van der Waals surface area contributed by atoms with Crippen LogP contribution in [0.15, 0.2) is 39.5 Å². The fraction of sp³-hybridized carbons (Fsp3) is 0.312. The van der Waals surface area contributed by atoms with Crippen LogP contribution < -0.4 is 0 Å². The minimum Gasteiger partial charge on any atom is -0.341 e. The Labute approximate surface area is 132 Å². The van der Waals surface area contributed by atoms with Crippen LogP contribution in [0.4, 0.5) is 0 Å². The molecule has 2 aromatic rings. The average molecular weight is 352 g/mol. The fourth-order valence-electron chi connectivity index (χ4n) is 1.99. The number of hydrogen-bond acceptors (Lipinski definition) is 2. The summed E-state index contributed by atoms with van der Waals surface area (Å²) < 4.78 is 1.10. The molecule has 0 bridgehead atoms. The van der Waals surface area contributed by atoms with Crippen molar-refractivity contribution in [1.29, 1.82) is 0 Å². The molecule has 1 heterocycles. The molecule has 1 aromatic heterocycles. The van der Waals surface area contributed by atoms with Gasteiger partial charge in [-0.1, -0.05) is 29.8 Å². The number of thiophene rings is 1. The zero-order valence-corrected chi connectivity index (χ0v) is 14.1. The van der Waals surface area contributed by atoms with E-state index in [-0.39, 0.29) is 5.91 Å². The zero-order valence-electron chi connectivity index (χ0n) is 11.7. The Morgan fingerprint density at radius 3 is 2.55 bits per heavy atom. The van der Waals surface area contributed by atoms with E-state index < -0.39 is 0 Å². The Kier molecular flexibility index (Phi) is 5.38. The molecule has 0 radical (unpaired) electrons. The zero-order chi connectivity index (χ0) is 14.5. The van der Waals surface area contributed by atoms with E-state index in [9.17, 15) is 4.79 Å². The number of halogens is 1. The Hall–Kier alpha value is -1.13. The molecule has 2 rings (SSSR count). The second-order valence-electron chi connectivity index (χ2n) is 4.99. The number of hydrogen-bond donors (Lipinski definition) is 0. The third-order valence-electron chi connectivity index (χ3n) is 3.22. The fourth-order valence-corrected chi connectivity index (χ4v) is 3.19. The first kappa shape index (κ1) is 15.3. The van der Waals surface area contributed by atoms with Crippen molar-refractivity contribution in [3.05, 3.63) is 56.2 Å². The van der Waals surface area contributed by atoms with E-state index in [0.717, 1.165) is 10.2 Å². The van der Waals surface area contributed by atoms with Crippen LogP contribution in [0.5, 0.6) is 0 Å². The summed E-state index contributed by atoms with van der Waals surface area (Å²) in [5.74, 6) is 0.188. The van der Waals surface area contributed by atoms with Gasteiger partial charge < -0.3 is 4.90 Å². The summed E-state index contributed by atoms with van der Waals surface area (Å²) in [6.07, 6.45) is 1.36. The van der Waals surface area contributed by atoms with Crippen molar-refractivity contribution in [1.82, 2.24) is 4.90 Å². The molecule has 2 nitrogen and oxygen atoms in total. The third-order valence-corrected chi connectivity index (χ3v) is 4.77. The first-order valence-electron chi connectivity index (χ1n) is 6.57. The van der Waals surface area contributed by atoms with E-state index in [1.165, 1.54) is 16.7 Å². The van der Waals surface area contributed by atoms with Gasteiger partial charge in [0.1, 0.15) is 0 Å².